The minimum Gasteiger partial charge on any atom is -0.387 e. The molecule has 1 N–H and O–H groups in total. The third-order valence-corrected chi connectivity index (χ3v) is 5.78. The van der Waals surface area contributed by atoms with Gasteiger partial charge in [0.05, 0.1) is 6.10 Å². The number of β-amino-alcohol motifs (C(OH)–C–C–N with tert-alkyl or cyclic N) is 1. The smallest absolute Gasteiger partial charge is 0.240 e. The molecule has 2 atom stereocenters. The first-order valence-corrected chi connectivity index (χ1v) is 9.67. The number of carbonyl (C=O) groups is 1. The monoisotopic (exact) mass is 340 g/mol. The van der Waals surface area contributed by atoms with Gasteiger partial charge in [0.1, 0.15) is 5.25 Å². The molecular weight excluding hydrogens is 316 g/mol. The molecule has 1 saturated heterocycles. The molecule has 1 aliphatic rings. The fraction of sp³-hybridized carbons (Fsp3) is 0.562. The van der Waals surface area contributed by atoms with E-state index in [0.29, 0.717) is 32.7 Å². The Morgan fingerprint density at radius 3 is 2.26 bits per heavy atom. The fourth-order valence-corrected chi connectivity index (χ4v) is 3.13. The largest absolute Gasteiger partial charge is 0.387 e. The molecule has 1 aliphatic heterocycles. The third-order valence-electron chi connectivity index (χ3n) is 4.29. The number of nitrogens with zero attached hydrogens (tertiary/aromatic N) is 2. The number of aliphatic hydroxyl groups excluding tert-OH is 1. The summed E-state index contributed by atoms with van der Waals surface area (Å²) < 4.78 is 23.0. The Kier molecular flexibility index (Phi) is 5.78. The highest BCUT2D eigenvalue weighted by atomic mass is 32.2. The minimum absolute atomic E-state index is 0.337. The van der Waals surface area contributed by atoms with E-state index in [1.165, 1.54) is 6.92 Å². The number of benzene rings is 1. The highest BCUT2D eigenvalue weighted by Gasteiger charge is 2.30. The van der Waals surface area contributed by atoms with Crippen LogP contribution in [0.4, 0.5) is 0 Å². The van der Waals surface area contributed by atoms with Gasteiger partial charge in [0.25, 0.3) is 0 Å². The highest BCUT2D eigenvalue weighted by Crippen LogP contribution is 2.15. The van der Waals surface area contributed by atoms with Gasteiger partial charge in [-0.15, -0.1) is 0 Å². The van der Waals surface area contributed by atoms with Crippen LogP contribution in [0.3, 0.4) is 0 Å². The van der Waals surface area contributed by atoms with E-state index in [1.54, 1.807) is 4.90 Å². The van der Waals surface area contributed by atoms with Crippen molar-refractivity contribution in [3.8, 4) is 0 Å². The van der Waals surface area contributed by atoms with Crippen LogP contribution >= 0.6 is 0 Å². The number of hydrogen-bond acceptors (Lipinski definition) is 5. The van der Waals surface area contributed by atoms with Crippen molar-refractivity contribution in [1.82, 2.24) is 9.80 Å². The van der Waals surface area contributed by atoms with E-state index in [1.807, 2.05) is 30.3 Å². The van der Waals surface area contributed by atoms with Gasteiger partial charge in [-0.25, -0.2) is 8.42 Å². The lowest BCUT2D eigenvalue weighted by Crippen LogP contribution is -2.52. The quantitative estimate of drug-likeness (QED) is 0.834. The van der Waals surface area contributed by atoms with Crippen molar-refractivity contribution in [2.75, 3.05) is 39.0 Å². The van der Waals surface area contributed by atoms with E-state index < -0.39 is 21.2 Å². The molecule has 2 rings (SSSR count). The number of sulfone groups is 1. The first-order valence-electron chi connectivity index (χ1n) is 7.72. The fourth-order valence-electron chi connectivity index (χ4n) is 2.62. The molecule has 0 bridgehead atoms. The molecule has 1 heterocycles. The van der Waals surface area contributed by atoms with Crippen LogP contribution in [-0.2, 0) is 14.6 Å². The SMILES string of the molecule is C[C@H](C(=O)N1CCN(C[C@@H](O)c2ccccc2)CC1)S(C)(=O)=O. The van der Waals surface area contributed by atoms with E-state index in [4.69, 9.17) is 0 Å². The van der Waals surface area contributed by atoms with Crippen LogP contribution < -0.4 is 0 Å². The Labute approximate surface area is 137 Å². The molecule has 1 aromatic carbocycles. The van der Waals surface area contributed by atoms with Gasteiger partial charge in [0.15, 0.2) is 9.84 Å². The maximum atomic E-state index is 12.2. The number of hydrogen-bond donors (Lipinski definition) is 1. The Morgan fingerprint density at radius 2 is 1.74 bits per heavy atom. The summed E-state index contributed by atoms with van der Waals surface area (Å²) in [5, 5.41) is 9.24. The molecule has 0 aliphatic carbocycles. The number of carbonyl (C=O) groups excluding carboxylic acids is 1. The van der Waals surface area contributed by atoms with Crippen molar-refractivity contribution in [2.24, 2.45) is 0 Å². The Balaban J connectivity index is 1.86. The van der Waals surface area contributed by atoms with Crippen molar-refractivity contribution in [2.45, 2.75) is 18.3 Å². The first kappa shape index (κ1) is 17.9. The van der Waals surface area contributed by atoms with Crippen LogP contribution in [0.25, 0.3) is 0 Å². The van der Waals surface area contributed by atoms with Crippen molar-refractivity contribution >= 4 is 15.7 Å². The molecule has 0 aromatic heterocycles. The number of aliphatic hydroxyl groups is 1. The second-order valence-corrected chi connectivity index (χ2v) is 8.39. The summed E-state index contributed by atoms with van der Waals surface area (Å²) in [5.74, 6) is -0.337. The number of piperazine rings is 1. The molecule has 1 aromatic rings. The van der Waals surface area contributed by atoms with Crippen LogP contribution in [0.2, 0.25) is 0 Å². The predicted octanol–water partition coefficient (Wildman–Crippen LogP) is 0.297. The van der Waals surface area contributed by atoms with Crippen LogP contribution in [0, 0.1) is 0 Å². The number of amides is 1. The molecule has 1 fully saturated rings. The van der Waals surface area contributed by atoms with E-state index >= 15 is 0 Å². The van der Waals surface area contributed by atoms with Gasteiger partial charge >= 0.3 is 0 Å². The highest BCUT2D eigenvalue weighted by molar-refractivity contribution is 7.92. The Morgan fingerprint density at radius 1 is 1.17 bits per heavy atom. The molecular formula is C16H24N2O4S. The van der Waals surface area contributed by atoms with Crippen LogP contribution in [0.5, 0.6) is 0 Å². The van der Waals surface area contributed by atoms with Crippen LogP contribution in [-0.4, -0.2) is 73.5 Å². The molecule has 6 nitrogen and oxygen atoms in total. The lowest BCUT2D eigenvalue weighted by molar-refractivity contribution is -0.132. The van der Waals surface area contributed by atoms with Crippen LogP contribution in [0.15, 0.2) is 30.3 Å². The van der Waals surface area contributed by atoms with Gasteiger partial charge in [-0.2, -0.15) is 0 Å². The van der Waals surface area contributed by atoms with Crippen molar-refractivity contribution in [3.05, 3.63) is 35.9 Å². The summed E-state index contributed by atoms with van der Waals surface area (Å²) in [6, 6.07) is 9.46. The van der Waals surface area contributed by atoms with Gasteiger partial charge < -0.3 is 10.0 Å². The van der Waals surface area contributed by atoms with Crippen LogP contribution in [0.1, 0.15) is 18.6 Å². The number of rotatable bonds is 5. The van der Waals surface area contributed by atoms with Gasteiger partial charge in [-0.05, 0) is 12.5 Å². The predicted molar refractivity (Wildman–Crippen MR) is 88.7 cm³/mol. The summed E-state index contributed by atoms with van der Waals surface area (Å²) in [4.78, 5) is 15.9. The molecule has 7 heteroatoms. The summed E-state index contributed by atoms with van der Waals surface area (Å²) in [5.41, 5.74) is 0.872. The summed E-state index contributed by atoms with van der Waals surface area (Å²) >= 11 is 0. The van der Waals surface area contributed by atoms with E-state index in [-0.39, 0.29) is 5.91 Å². The molecule has 1 amide bonds. The molecule has 23 heavy (non-hydrogen) atoms. The minimum atomic E-state index is -3.36. The first-order chi connectivity index (χ1) is 10.8. The summed E-state index contributed by atoms with van der Waals surface area (Å²) in [6.07, 6.45) is 0.524. The molecule has 0 radical (unpaired) electrons. The van der Waals surface area contributed by atoms with Gasteiger partial charge in [-0.1, -0.05) is 30.3 Å². The molecule has 0 saturated carbocycles. The van der Waals surface area contributed by atoms with E-state index in [9.17, 15) is 18.3 Å². The normalized spacial score (nSPS) is 19.3. The lowest BCUT2D eigenvalue weighted by atomic mass is 10.1. The zero-order valence-electron chi connectivity index (χ0n) is 13.6. The average molecular weight is 340 g/mol. The molecule has 0 unspecified atom stereocenters. The molecule has 128 valence electrons. The third kappa shape index (κ3) is 4.76. The summed E-state index contributed by atoms with van der Waals surface area (Å²) in [7, 11) is -3.36. The second-order valence-electron chi connectivity index (χ2n) is 6.02. The van der Waals surface area contributed by atoms with Gasteiger partial charge in [0, 0.05) is 39.0 Å². The van der Waals surface area contributed by atoms with E-state index in [0.717, 1.165) is 11.8 Å². The maximum absolute atomic E-state index is 12.2. The second kappa shape index (κ2) is 7.42. The Hall–Kier alpha value is -1.44. The van der Waals surface area contributed by atoms with Gasteiger partial charge in [0.2, 0.25) is 5.91 Å². The molecule has 0 spiro atoms. The zero-order chi connectivity index (χ0) is 17.0. The van der Waals surface area contributed by atoms with Gasteiger partial charge in [-0.3, -0.25) is 9.69 Å². The van der Waals surface area contributed by atoms with Crippen molar-refractivity contribution in [1.29, 1.82) is 0 Å². The standard InChI is InChI=1S/C16H24N2O4S/c1-13(23(2,21)22)16(20)18-10-8-17(9-11-18)12-15(19)14-6-4-3-5-7-14/h3-7,13,15,19H,8-12H2,1-2H3/t13-,15-/m1/s1. The van der Waals surface area contributed by atoms with Crippen molar-refractivity contribution in [3.63, 3.8) is 0 Å². The maximum Gasteiger partial charge on any atom is 0.240 e. The summed E-state index contributed by atoms with van der Waals surface area (Å²) in [6.45, 7) is 4.18. The lowest BCUT2D eigenvalue weighted by Gasteiger charge is -2.36. The zero-order valence-corrected chi connectivity index (χ0v) is 14.4. The van der Waals surface area contributed by atoms with E-state index in [2.05, 4.69) is 4.90 Å². The topological polar surface area (TPSA) is 77.9 Å². The Bertz CT molecular complexity index is 625. The average Bonchev–Trinajstić information content (AvgIpc) is 2.54. The van der Waals surface area contributed by atoms with Crippen molar-refractivity contribution < 1.29 is 18.3 Å².